The van der Waals surface area contributed by atoms with Crippen LogP contribution in [0.25, 0.3) is 0 Å². The van der Waals surface area contributed by atoms with Crippen LogP contribution in [-0.2, 0) is 7.05 Å². The number of ketones is 2. The molecule has 5 heteroatoms. The molecule has 1 aromatic carbocycles. The number of aromatic nitrogens is 2. The third-order valence-corrected chi connectivity index (χ3v) is 2.81. The number of Topliss-reactive ketones (excluding diaryl/α,β-unsaturated/α-hetero) is 2. The van der Waals surface area contributed by atoms with Crippen LogP contribution in [0.1, 0.15) is 32.8 Å². The van der Waals surface area contributed by atoms with E-state index in [0.29, 0.717) is 11.3 Å². The van der Waals surface area contributed by atoms with Crippen LogP contribution < -0.4 is 0 Å². The quantitative estimate of drug-likeness (QED) is 0.626. The van der Waals surface area contributed by atoms with E-state index in [1.165, 1.54) is 22.9 Å². The van der Waals surface area contributed by atoms with E-state index in [9.17, 15) is 14.0 Å². The molecule has 0 aliphatic rings. The number of carbonyl (C=O) groups is 2. The Hall–Kier alpha value is -2.30. The number of nitrogens with zero attached hydrogens (tertiary/aromatic N) is 2. The third-order valence-electron chi connectivity index (χ3n) is 2.81. The van der Waals surface area contributed by atoms with E-state index in [-0.39, 0.29) is 17.8 Å². The van der Waals surface area contributed by atoms with Crippen molar-refractivity contribution in [2.45, 2.75) is 13.3 Å². The molecule has 0 atom stereocenters. The zero-order chi connectivity index (χ0) is 14.0. The first kappa shape index (κ1) is 13.1. The Morgan fingerprint density at radius 1 is 1.21 bits per heavy atom. The minimum Gasteiger partial charge on any atom is -0.294 e. The molecule has 0 aliphatic heterocycles. The molecule has 0 saturated heterocycles. The fourth-order valence-corrected chi connectivity index (χ4v) is 1.90. The van der Waals surface area contributed by atoms with Crippen LogP contribution in [0.5, 0.6) is 0 Å². The van der Waals surface area contributed by atoms with E-state index in [4.69, 9.17) is 0 Å². The van der Waals surface area contributed by atoms with E-state index >= 15 is 0 Å². The molecule has 0 unspecified atom stereocenters. The second-order valence-corrected chi connectivity index (χ2v) is 4.30. The average Bonchev–Trinajstić information content (AvgIpc) is 2.69. The smallest absolute Gasteiger partial charge is 0.174 e. The maximum Gasteiger partial charge on any atom is 0.174 e. The molecule has 0 N–H and O–H groups in total. The predicted octanol–water partition coefficient (Wildman–Crippen LogP) is 2.32. The Kier molecular flexibility index (Phi) is 3.55. The van der Waals surface area contributed by atoms with Crippen molar-refractivity contribution in [3.63, 3.8) is 0 Å². The summed E-state index contributed by atoms with van der Waals surface area (Å²) in [6.45, 7) is 1.70. The van der Waals surface area contributed by atoms with Crippen molar-refractivity contribution in [1.29, 1.82) is 0 Å². The highest BCUT2D eigenvalue weighted by Crippen LogP contribution is 2.13. The van der Waals surface area contributed by atoms with E-state index < -0.39 is 11.6 Å². The van der Waals surface area contributed by atoms with Crippen molar-refractivity contribution >= 4 is 11.6 Å². The molecule has 0 bridgehead atoms. The molecule has 4 nitrogen and oxygen atoms in total. The van der Waals surface area contributed by atoms with Gasteiger partial charge in [0.05, 0.1) is 23.2 Å². The van der Waals surface area contributed by atoms with Crippen molar-refractivity contribution in [1.82, 2.24) is 9.78 Å². The minimum absolute atomic E-state index is 0.0580. The molecule has 0 amide bonds. The Balaban J connectivity index is 2.18. The largest absolute Gasteiger partial charge is 0.294 e. The normalized spacial score (nSPS) is 10.5. The van der Waals surface area contributed by atoms with Gasteiger partial charge in [0.2, 0.25) is 0 Å². The monoisotopic (exact) mass is 260 g/mol. The number of rotatable bonds is 4. The lowest BCUT2D eigenvalue weighted by atomic mass is 10.0. The number of carbonyl (C=O) groups excluding carboxylic acids is 2. The summed E-state index contributed by atoms with van der Waals surface area (Å²) < 4.78 is 14.9. The van der Waals surface area contributed by atoms with E-state index in [1.54, 1.807) is 26.2 Å². The molecule has 2 aromatic rings. The summed E-state index contributed by atoms with van der Waals surface area (Å²) in [5.74, 6) is -1.48. The molecular weight excluding hydrogens is 247 g/mol. The second kappa shape index (κ2) is 5.14. The van der Waals surface area contributed by atoms with Gasteiger partial charge in [-0.3, -0.25) is 14.3 Å². The van der Waals surface area contributed by atoms with Gasteiger partial charge in [0, 0.05) is 13.2 Å². The SMILES string of the molecule is Cc1nn(C)cc1C(=O)CC(=O)c1ccccc1F. The summed E-state index contributed by atoms with van der Waals surface area (Å²) in [6.07, 6.45) is 1.21. The van der Waals surface area contributed by atoms with Crippen LogP contribution in [0, 0.1) is 12.7 Å². The fraction of sp³-hybridized carbons (Fsp3) is 0.214. The van der Waals surface area contributed by atoms with Crippen molar-refractivity contribution < 1.29 is 14.0 Å². The average molecular weight is 260 g/mol. The molecule has 0 radical (unpaired) electrons. The van der Waals surface area contributed by atoms with Gasteiger partial charge in [-0.2, -0.15) is 5.10 Å². The molecule has 2 rings (SSSR count). The number of hydrogen-bond acceptors (Lipinski definition) is 3. The highest BCUT2D eigenvalue weighted by molar-refractivity contribution is 6.13. The molecule has 0 aliphatic carbocycles. The van der Waals surface area contributed by atoms with Gasteiger partial charge in [-0.15, -0.1) is 0 Å². The molecule has 98 valence electrons. The standard InChI is InChI=1S/C14H13FN2O2/c1-9-11(8-17(2)16-9)14(19)7-13(18)10-5-3-4-6-12(10)15/h3-6,8H,7H2,1-2H3. The number of benzene rings is 1. The Morgan fingerprint density at radius 2 is 1.84 bits per heavy atom. The molecule has 19 heavy (non-hydrogen) atoms. The van der Waals surface area contributed by atoms with Gasteiger partial charge >= 0.3 is 0 Å². The number of halogens is 1. The molecule has 1 heterocycles. The summed E-state index contributed by atoms with van der Waals surface area (Å²) in [7, 11) is 1.70. The fourth-order valence-electron chi connectivity index (χ4n) is 1.90. The van der Waals surface area contributed by atoms with Crippen LogP contribution >= 0.6 is 0 Å². The van der Waals surface area contributed by atoms with Gasteiger partial charge in [0.25, 0.3) is 0 Å². The van der Waals surface area contributed by atoms with Gasteiger partial charge in [-0.25, -0.2) is 4.39 Å². The first-order chi connectivity index (χ1) is 8.99. The maximum absolute atomic E-state index is 13.4. The third kappa shape index (κ3) is 2.76. The van der Waals surface area contributed by atoms with E-state index in [1.807, 2.05) is 0 Å². The Morgan fingerprint density at radius 3 is 2.42 bits per heavy atom. The van der Waals surface area contributed by atoms with Crippen molar-refractivity contribution in [2.75, 3.05) is 0 Å². The molecule has 0 fully saturated rings. The van der Waals surface area contributed by atoms with Crippen LogP contribution in [0.2, 0.25) is 0 Å². The summed E-state index contributed by atoms with van der Waals surface area (Å²) in [6, 6.07) is 5.64. The zero-order valence-electron chi connectivity index (χ0n) is 10.7. The van der Waals surface area contributed by atoms with Crippen molar-refractivity contribution in [3.05, 3.63) is 53.1 Å². The lowest BCUT2D eigenvalue weighted by Gasteiger charge is -2.01. The highest BCUT2D eigenvalue weighted by atomic mass is 19.1. The summed E-state index contributed by atoms with van der Waals surface area (Å²) in [4.78, 5) is 23.9. The van der Waals surface area contributed by atoms with Gasteiger partial charge < -0.3 is 0 Å². The lowest BCUT2D eigenvalue weighted by Crippen LogP contribution is -2.10. The van der Waals surface area contributed by atoms with Crippen molar-refractivity contribution in [3.8, 4) is 0 Å². The highest BCUT2D eigenvalue weighted by Gasteiger charge is 2.19. The molecule has 0 spiro atoms. The predicted molar refractivity (Wildman–Crippen MR) is 67.6 cm³/mol. The summed E-state index contributed by atoms with van der Waals surface area (Å²) in [5.41, 5.74) is 0.901. The number of aryl methyl sites for hydroxylation is 2. The van der Waals surface area contributed by atoms with Gasteiger partial charge in [0.1, 0.15) is 5.82 Å². The second-order valence-electron chi connectivity index (χ2n) is 4.30. The topological polar surface area (TPSA) is 52.0 Å². The van der Waals surface area contributed by atoms with Gasteiger partial charge in [-0.05, 0) is 19.1 Å². The zero-order valence-corrected chi connectivity index (χ0v) is 10.7. The van der Waals surface area contributed by atoms with Crippen LogP contribution in [0.4, 0.5) is 4.39 Å². The maximum atomic E-state index is 13.4. The molecule has 0 saturated carbocycles. The van der Waals surface area contributed by atoms with E-state index in [2.05, 4.69) is 5.10 Å². The summed E-state index contributed by atoms with van der Waals surface area (Å²) >= 11 is 0. The molecule has 1 aromatic heterocycles. The first-order valence-electron chi connectivity index (χ1n) is 5.80. The van der Waals surface area contributed by atoms with Gasteiger partial charge in [0.15, 0.2) is 11.6 Å². The van der Waals surface area contributed by atoms with Crippen LogP contribution in [0.3, 0.4) is 0 Å². The Bertz CT molecular complexity index is 647. The van der Waals surface area contributed by atoms with Gasteiger partial charge in [-0.1, -0.05) is 12.1 Å². The van der Waals surface area contributed by atoms with Crippen molar-refractivity contribution in [2.24, 2.45) is 7.05 Å². The first-order valence-corrected chi connectivity index (χ1v) is 5.80. The minimum atomic E-state index is -0.608. The molecular formula is C14H13FN2O2. The Labute approximate surface area is 109 Å². The van der Waals surface area contributed by atoms with Crippen LogP contribution in [-0.4, -0.2) is 21.3 Å². The lowest BCUT2D eigenvalue weighted by molar-refractivity contribution is 0.0892. The number of hydrogen-bond donors (Lipinski definition) is 0. The van der Waals surface area contributed by atoms with Crippen LogP contribution in [0.15, 0.2) is 30.5 Å². The van der Waals surface area contributed by atoms with E-state index in [0.717, 1.165) is 0 Å². The summed E-state index contributed by atoms with van der Waals surface area (Å²) in [5, 5.41) is 4.04.